The number of carbonyl (C=O) groups excluding carboxylic acids is 2. The number of hydrogen-bond donors (Lipinski definition) is 3. The SMILES string of the molecule is O=C(O)C[C@H]1CC[C@H](c2ccc(C(=O)NCCNC(=O)c3cc4ccc(Cl)cc4s3)cc2)CC1. The summed E-state index contributed by atoms with van der Waals surface area (Å²) < 4.78 is 0.961. The third-order valence-electron chi connectivity index (χ3n) is 6.36. The fourth-order valence-electron chi connectivity index (χ4n) is 4.51. The van der Waals surface area contributed by atoms with E-state index in [9.17, 15) is 14.4 Å². The van der Waals surface area contributed by atoms with Gasteiger partial charge in [-0.3, -0.25) is 14.4 Å². The Kier molecular flexibility index (Phi) is 7.85. The van der Waals surface area contributed by atoms with Crippen LogP contribution in [-0.4, -0.2) is 36.0 Å². The lowest BCUT2D eigenvalue weighted by molar-refractivity contribution is -0.138. The fourth-order valence-corrected chi connectivity index (χ4v) is 5.77. The average molecular weight is 499 g/mol. The van der Waals surface area contributed by atoms with Crippen molar-refractivity contribution in [2.75, 3.05) is 13.1 Å². The van der Waals surface area contributed by atoms with E-state index in [0.717, 1.165) is 35.8 Å². The zero-order valence-corrected chi connectivity index (χ0v) is 20.3. The van der Waals surface area contributed by atoms with Crippen LogP contribution in [0.2, 0.25) is 5.02 Å². The number of carboxylic acid groups (broad SMARTS) is 1. The summed E-state index contributed by atoms with van der Waals surface area (Å²) in [4.78, 5) is 36.4. The highest BCUT2D eigenvalue weighted by atomic mass is 35.5. The van der Waals surface area contributed by atoms with E-state index >= 15 is 0 Å². The molecule has 1 aromatic heterocycles. The first kappa shape index (κ1) is 24.2. The summed E-state index contributed by atoms with van der Waals surface area (Å²) in [5.74, 6) is -0.376. The van der Waals surface area contributed by atoms with E-state index < -0.39 is 5.97 Å². The summed E-state index contributed by atoms with van der Waals surface area (Å²) >= 11 is 7.39. The second kappa shape index (κ2) is 11.0. The lowest BCUT2D eigenvalue weighted by atomic mass is 9.77. The number of thiophene rings is 1. The van der Waals surface area contributed by atoms with Gasteiger partial charge in [0, 0.05) is 34.8 Å². The minimum atomic E-state index is -0.719. The summed E-state index contributed by atoms with van der Waals surface area (Å²) in [7, 11) is 0. The molecule has 0 atom stereocenters. The van der Waals surface area contributed by atoms with E-state index in [0.29, 0.717) is 34.5 Å². The van der Waals surface area contributed by atoms with Crippen LogP contribution < -0.4 is 10.6 Å². The van der Waals surface area contributed by atoms with Crippen molar-refractivity contribution >= 4 is 50.8 Å². The van der Waals surface area contributed by atoms with Crippen molar-refractivity contribution in [3.63, 3.8) is 0 Å². The Hall–Kier alpha value is -2.90. The van der Waals surface area contributed by atoms with Crippen LogP contribution >= 0.6 is 22.9 Å². The first-order valence-corrected chi connectivity index (χ1v) is 12.7. The number of carbonyl (C=O) groups is 3. The smallest absolute Gasteiger partial charge is 0.303 e. The number of benzene rings is 2. The number of rotatable bonds is 8. The molecule has 6 nitrogen and oxygen atoms in total. The van der Waals surface area contributed by atoms with Crippen LogP contribution in [0.5, 0.6) is 0 Å². The van der Waals surface area contributed by atoms with Crippen LogP contribution in [-0.2, 0) is 4.79 Å². The lowest BCUT2D eigenvalue weighted by Crippen LogP contribution is -2.34. The van der Waals surface area contributed by atoms with Crippen molar-refractivity contribution in [3.8, 4) is 0 Å². The molecular formula is C26H27ClN2O4S. The number of halogens is 1. The highest BCUT2D eigenvalue weighted by Crippen LogP contribution is 2.37. The molecule has 2 aromatic carbocycles. The summed E-state index contributed by atoms with van der Waals surface area (Å²) in [5, 5.41) is 16.3. The summed E-state index contributed by atoms with van der Waals surface area (Å²) in [6.07, 6.45) is 4.08. The van der Waals surface area contributed by atoms with Crippen LogP contribution in [0.3, 0.4) is 0 Å². The van der Waals surface area contributed by atoms with Gasteiger partial charge in [-0.1, -0.05) is 29.8 Å². The van der Waals surface area contributed by atoms with E-state index in [2.05, 4.69) is 10.6 Å². The molecule has 0 bridgehead atoms. The van der Waals surface area contributed by atoms with Gasteiger partial charge < -0.3 is 15.7 Å². The Morgan fingerprint density at radius 3 is 2.26 bits per heavy atom. The molecule has 1 aliphatic carbocycles. The van der Waals surface area contributed by atoms with Crippen molar-refractivity contribution in [2.24, 2.45) is 5.92 Å². The van der Waals surface area contributed by atoms with E-state index in [-0.39, 0.29) is 24.2 Å². The van der Waals surface area contributed by atoms with Crippen LogP contribution in [0.1, 0.15) is 63.6 Å². The van der Waals surface area contributed by atoms with Gasteiger partial charge in [-0.2, -0.15) is 0 Å². The van der Waals surface area contributed by atoms with Gasteiger partial charge >= 0.3 is 5.97 Å². The average Bonchev–Trinajstić information content (AvgIpc) is 3.25. The van der Waals surface area contributed by atoms with E-state index in [4.69, 9.17) is 16.7 Å². The number of fused-ring (bicyclic) bond motifs is 1. The largest absolute Gasteiger partial charge is 0.481 e. The molecule has 0 spiro atoms. The highest BCUT2D eigenvalue weighted by molar-refractivity contribution is 7.20. The molecular weight excluding hydrogens is 472 g/mol. The highest BCUT2D eigenvalue weighted by Gasteiger charge is 2.24. The predicted molar refractivity (Wildman–Crippen MR) is 135 cm³/mol. The van der Waals surface area contributed by atoms with Gasteiger partial charge in [0.2, 0.25) is 0 Å². The molecule has 0 radical (unpaired) electrons. The Balaban J connectivity index is 1.21. The molecule has 3 N–H and O–H groups in total. The number of hydrogen-bond acceptors (Lipinski definition) is 4. The Labute approximate surface area is 207 Å². The third-order valence-corrected chi connectivity index (χ3v) is 7.69. The molecule has 4 rings (SSSR count). The summed E-state index contributed by atoms with van der Waals surface area (Å²) in [5.41, 5.74) is 1.78. The van der Waals surface area contributed by atoms with Gasteiger partial charge in [0.1, 0.15) is 0 Å². The molecule has 0 aliphatic heterocycles. The molecule has 34 heavy (non-hydrogen) atoms. The normalized spacial score (nSPS) is 17.9. The molecule has 0 unspecified atom stereocenters. The maximum Gasteiger partial charge on any atom is 0.303 e. The Morgan fingerprint density at radius 1 is 0.912 bits per heavy atom. The second-order valence-corrected chi connectivity index (χ2v) is 10.3. The summed E-state index contributed by atoms with van der Waals surface area (Å²) in [6, 6.07) is 15.0. The monoisotopic (exact) mass is 498 g/mol. The number of carboxylic acids is 1. The van der Waals surface area contributed by atoms with Gasteiger partial charge in [-0.25, -0.2) is 0 Å². The maximum atomic E-state index is 12.5. The minimum Gasteiger partial charge on any atom is -0.481 e. The van der Waals surface area contributed by atoms with Gasteiger partial charge in [-0.05, 0) is 78.8 Å². The van der Waals surface area contributed by atoms with E-state index in [1.165, 1.54) is 16.9 Å². The molecule has 1 saturated carbocycles. The molecule has 1 heterocycles. The second-order valence-electron chi connectivity index (χ2n) is 8.74. The Bertz CT molecular complexity index is 1180. The number of nitrogens with one attached hydrogen (secondary N) is 2. The summed E-state index contributed by atoms with van der Waals surface area (Å²) in [6.45, 7) is 0.661. The van der Waals surface area contributed by atoms with Crippen molar-refractivity contribution in [1.82, 2.24) is 10.6 Å². The lowest BCUT2D eigenvalue weighted by Gasteiger charge is -2.28. The van der Waals surface area contributed by atoms with Gasteiger partial charge in [0.25, 0.3) is 11.8 Å². The number of amides is 2. The topological polar surface area (TPSA) is 95.5 Å². The molecule has 178 valence electrons. The molecule has 1 fully saturated rings. The van der Waals surface area contributed by atoms with E-state index in [1.807, 2.05) is 42.5 Å². The van der Waals surface area contributed by atoms with Crippen molar-refractivity contribution in [2.45, 2.75) is 38.0 Å². The molecule has 0 saturated heterocycles. The minimum absolute atomic E-state index is 0.172. The van der Waals surface area contributed by atoms with E-state index in [1.54, 1.807) is 6.07 Å². The first-order chi connectivity index (χ1) is 16.4. The van der Waals surface area contributed by atoms with Gasteiger partial charge in [0.15, 0.2) is 0 Å². The van der Waals surface area contributed by atoms with Crippen LogP contribution in [0.25, 0.3) is 10.1 Å². The standard InChI is InChI=1S/C26H27ClN2O4S/c27-21-10-9-20-14-23(34-22(20)15-21)26(33)29-12-11-28-25(32)19-7-5-18(6-8-19)17-3-1-16(2-4-17)13-24(30)31/h5-10,14-17H,1-4,11-13H2,(H,28,32)(H,29,33)(H,30,31)/t16-,17-. The van der Waals surface area contributed by atoms with Crippen LogP contribution in [0, 0.1) is 5.92 Å². The van der Waals surface area contributed by atoms with Crippen molar-refractivity contribution in [3.05, 3.63) is 69.6 Å². The zero-order chi connectivity index (χ0) is 24.1. The van der Waals surface area contributed by atoms with Crippen LogP contribution in [0.15, 0.2) is 48.5 Å². The van der Waals surface area contributed by atoms with Crippen LogP contribution in [0.4, 0.5) is 0 Å². The van der Waals surface area contributed by atoms with Crippen molar-refractivity contribution in [1.29, 1.82) is 0 Å². The zero-order valence-electron chi connectivity index (χ0n) is 18.7. The fraction of sp³-hybridized carbons (Fsp3) is 0.346. The maximum absolute atomic E-state index is 12.5. The third kappa shape index (κ3) is 6.15. The van der Waals surface area contributed by atoms with Gasteiger partial charge in [0.05, 0.1) is 4.88 Å². The number of aliphatic carboxylic acids is 1. The molecule has 1 aliphatic rings. The molecule has 3 aromatic rings. The first-order valence-electron chi connectivity index (χ1n) is 11.5. The molecule has 2 amide bonds. The van der Waals surface area contributed by atoms with Gasteiger partial charge in [-0.15, -0.1) is 11.3 Å². The van der Waals surface area contributed by atoms with Crippen molar-refractivity contribution < 1.29 is 19.5 Å². The quantitative estimate of drug-likeness (QED) is 0.359. The Morgan fingerprint density at radius 2 is 1.59 bits per heavy atom. The predicted octanol–water partition coefficient (Wildman–Crippen LogP) is 5.46. The molecule has 8 heteroatoms.